The third kappa shape index (κ3) is 3.66. The number of hydrogen-bond acceptors (Lipinski definition) is 5. The van der Waals surface area contributed by atoms with Gasteiger partial charge in [-0.2, -0.15) is 4.80 Å². The van der Waals surface area contributed by atoms with Gasteiger partial charge in [0, 0.05) is 11.6 Å². The van der Waals surface area contributed by atoms with E-state index in [2.05, 4.69) is 26.0 Å². The number of aromatic nitrogens is 4. The Labute approximate surface area is 126 Å². The number of urea groups is 1. The van der Waals surface area contributed by atoms with Gasteiger partial charge in [-0.25, -0.2) is 4.79 Å². The number of amides is 3. The molecule has 1 aliphatic rings. The van der Waals surface area contributed by atoms with Crippen molar-refractivity contribution in [3.05, 3.63) is 29.8 Å². The molecule has 8 nitrogen and oxygen atoms in total. The second kappa shape index (κ2) is 5.92. The Balaban J connectivity index is 1.57. The van der Waals surface area contributed by atoms with Crippen LogP contribution in [0.1, 0.15) is 18.4 Å². The molecule has 1 saturated carbocycles. The van der Waals surface area contributed by atoms with E-state index in [4.69, 9.17) is 0 Å². The summed E-state index contributed by atoms with van der Waals surface area (Å²) in [5, 5.41) is 16.8. The largest absolute Gasteiger partial charge is 0.335 e. The standard InChI is InChI=1S/C14H16N6O2/c1-9-2-4-10(5-3-9)13-17-19-20(18-13)8-12(21)16-14(22)15-11-6-7-11/h2-5,11H,6-8H2,1H3,(H2,15,16,21,22). The molecular weight excluding hydrogens is 284 g/mol. The third-order valence-corrected chi connectivity index (χ3v) is 3.21. The zero-order valence-electron chi connectivity index (χ0n) is 12.1. The molecule has 0 atom stereocenters. The fourth-order valence-electron chi connectivity index (χ4n) is 1.87. The van der Waals surface area contributed by atoms with Crippen molar-refractivity contribution in [1.82, 2.24) is 30.8 Å². The zero-order valence-corrected chi connectivity index (χ0v) is 12.1. The lowest BCUT2D eigenvalue weighted by molar-refractivity contribution is -0.121. The first-order valence-electron chi connectivity index (χ1n) is 7.05. The molecule has 1 aromatic heterocycles. The Bertz CT molecular complexity index is 690. The van der Waals surface area contributed by atoms with Crippen LogP contribution in [-0.4, -0.2) is 38.2 Å². The number of aryl methyl sites for hydroxylation is 1. The van der Waals surface area contributed by atoms with Gasteiger partial charge in [-0.1, -0.05) is 29.8 Å². The summed E-state index contributed by atoms with van der Waals surface area (Å²) in [6, 6.07) is 7.40. The van der Waals surface area contributed by atoms with Crippen LogP contribution in [0.3, 0.4) is 0 Å². The van der Waals surface area contributed by atoms with E-state index in [1.165, 1.54) is 0 Å². The first kappa shape index (κ1) is 14.2. The molecule has 22 heavy (non-hydrogen) atoms. The molecule has 2 N–H and O–H groups in total. The van der Waals surface area contributed by atoms with Gasteiger partial charge in [0.25, 0.3) is 5.91 Å². The maximum Gasteiger partial charge on any atom is 0.321 e. The van der Waals surface area contributed by atoms with Crippen molar-refractivity contribution in [3.63, 3.8) is 0 Å². The number of hydrogen-bond donors (Lipinski definition) is 2. The van der Waals surface area contributed by atoms with E-state index in [0.29, 0.717) is 5.82 Å². The van der Waals surface area contributed by atoms with Crippen molar-refractivity contribution in [2.45, 2.75) is 32.4 Å². The van der Waals surface area contributed by atoms with Crippen LogP contribution in [-0.2, 0) is 11.3 Å². The van der Waals surface area contributed by atoms with Gasteiger partial charge in [-0.05, 0) is 25.0 Å². The van der Waals surface area contributed by atoms with Crippen LogP contribution in [0.25, 0.3) is 11.4 Å². The lowest BCUT2D eigenvalue weighted by Gasteiger charge is -2.04. The molecule has 1 heterocycles. The molecule has 0 spiro atoms. The van der Waals surface area contributed by atoms with Gasteiger partial charge >= 0.3 is 6.03 Å². The summed E-state index contributed by atoms with van der Waals surface area (Å²) in [6.07, 6.45) is 1.93. The average Bonchev–Trinajstić information content (AvgIpc) is 3.16. The van der Waals surface area contributed by atoms with Gasteiger partial charge in [-0.15, -0.1) is 10.2 Å². The molecule has 1 fully saturated rings. The highest BCUT2D eigenvalue weighted by Crippen LogP contribution is 2.18. The number of tetrazole rings is 1. The predicted molar refractivity (Wildman–Crippen MR) is 77.7 cm³/mol. The first-order valence-corrected chi connectivity index (χ1v) is 7.05. The van der Waals surface area contributed by atoms with Crippen molar-refractivity contribution < 1.29 is 9.59 Å². The van der Waals surface area contributed by atoms with Crippen LogP contribution in [0, 0.1) is 6.92 Å². The maximum absolute atomic E-state index is 11.7. The highest BCUT2D eigenvalue weighted by molar-refractivity contribution is 5.94. The van der Waals surface area contributed by atoms with E-state index in [-0.39, 0.29) is 12.6 Å². The van der Waals surface area contributed by atoms with Crippen molar-refractivity contribution in [3.8, 4) is 11.4 Å². The molecule has 1 aromatic carbocycles. The molecule has 8 heteroatoms. The minimum absolute atomic E-state index is 0.156. The number of imide groups is 1. The summed E-state index contributed by atoms with van der Waals surface area (Å²) >= 11 is 0. The van der Waals surface area contributed by atoms with Crippen molar-refractivity contribution in [2.24, 2.45) is 0 Å². The van der Waals surface area contributed by atoms with Gasteiger partial charge in [0.15, 0.2) is 0 Å². The summed E-state index contributed by atoms with van der Waals surface area (Å²) in [5.74, 6) is -0.0405. The van der Waals surface area contributed by atoms with E-state index in [1.807, 2.05) is 31.2 Å². The third-order valence-electron chi connectivity index (χ3n) is 3.21. The fourth-order valence-corrected chi connectivity index (χ4v) is 1.87. The topological polar surface area (TPSA) is 102 Å². The van der Waals surface area contributed by atoms with Crippen LogP contribution in [0.4, 0.5) is 4.79 Å². The summed E-state index contributed by atoms with van der Waals surface area (Å²) in [6.45, 7) is 1.84. The van der Waals surface area contributed by atoms with Crippen LogP contribution < -0.4 is 10.6 Å². The number of rotatable bonds is 4. The minimum atomic E-state index is -0.481. The number of benzene rings is 1. The average molecular weight is 300 g/mol. The minimum Gasteiger partial charge on any atom is -0.335 e. The van der Waals surface area contributed by atoms with Crippen LogP contribution in [0.15, 0.2) is 24.3 Å². The number of nitrogens with one attached hydrogen (secondary N) is 2. The Hall–Kier alpha value is -2.77. The number of carbonyl (C=O) groups is 2. The smallest absolute Gasteiger partial charge is 0.321 e. The maximum atomic E-state index is 11.7. The fraction of sp³-hybridized carbons (Fsp3) is 0.357. The Kier molecular flexibility index (Phi) is 3.82. The van der Waals surface area contributed by atoms with Gasteiger partial charge in [-0.3, -0.25) is 10.1 Å². The highest BCUT2D eigenvalue weighted by Gasteiger charge is 2.24. The van der Waals surface area contributed by atoms with Gasteiger partial charge in [0.1, 0.15) is 6.54 Å². The van der Waals surface area contributed by atoms with Crippen LogP contribution in [0.5, 0.6) is 0 Å². The SMILES string of the molecule is Cc1ccc(-c2nnn(CC(=O)NC(=O)NC3CC3)n2)cc1. The Morgan fingerprint density at radius 2 is 2.00 bits per heavy atom. The normalized spacial score (nSPS) is 13.7. The molecule has 2 aromatic rings. The lowest BCUT2D eigenvalue weighted by Crippen LogP contribution is -2.42. The molecule has 0 saturated heterocycles. The monoisotopic (exact) mass is 300 g/mol. The van der Waals surface area contributed by atoms with E-state index < -0.39 is 11.9 Å². The summed E-state index contributed by atoms with van der Waals surface area (Å²) in [7, 11) is 0. The van der Waals surface area contributed by atoms with Crippen molar-refractivity contribution in [1.29, 1.82) is 0 Å². The Morgan fingerprint density at radius 1 is 1.27 bits per heavy atom. The molecule has 114 valence electrons. The highest BCUT2D eigenvalue weighted by atomic mass is 16.2. The van der Waals surface area contributed by atoms with Gasteiger partial charge in [0.05, 0.1) is 0 Å². The first-order chi connectivity index (χ1) is 10.6. The molecule has 0 bridgehead atoms. The molecule has 0 radical (unpaired) electrons. The number of carbonyl (C=O) groups excluding carboxylic acids is 2. The molecule has 3 rings (SSSR count). The van der Waals surface area contributed by atoms with E-state index in [9.17, 15) is 9.59 Å². The molecule has 1 aliphatic carbocycles. The van der Waals surface area contributed by atoms with Crippen molar-refractivity contribution >= 4 is 11.9 Å². The van der Waals surface area contributed by atoms with Gasteiger partial charge in [0.2, 0.25) is 5.82 Å². The summed E-state index contributed by atoms with van der Waals surface area (Å²) in [4.78, 5) is 24.3. The second-order valence-electron chi connectivity index (χ2n) is 5.31. The predicted octanol–water partition coefficient (Wildman–Crippen LogP) is 0.637. The quantitative estimate of drug-likeness (QED) is 0.862. The summed E-state index contributed by atoms with van der Waals surface area (Å²) < 4.78 is 0. The second-order valence-corrected chi connectivity index (χ2v) is 5.31. The van der Waals surface area contributed by atoms with E-state index in [0.717, 1.165) is 28.8 Å². The number of nitrogens with zero attached hydrogens (tertiary/aromatic N) is 4. The lowest BCUT2D eigenvalue weighted by atomic mass is 10.1. The molecular formula is C14H16N6O2. The zero-order chi connectivity index (χ0) is 15.5. The van der Waals surface area contributed by atoms with Crippen LogP contribution in [0.2, 0.25) is 0 Å². The molecule has 3 amide bonds. The van der Waals surface area contributed by atoms with E-state index >= 15 is 0 Å². The van der Waals surface area contributed by atoms with Gasteiger partial charge < -0.3 is 5.32 Å². The summed E-state index contributed by atoms with van der Waals surface area (Å²) in [5.41, 5.74) is 1.96. The van der Waals surface area contributed by atoms with Crippen LogP contribution >= 0.6 is 0 Å². The van der Waals surface area contributed by atoms with E-state index in [1.54, 1.807) is 0 Å². The molecule has 0 aliphatic heterocycles. The van der Waals surface area contributed by atoms with Crippen molar-refractivity contribution in [2.75, 3.05) is 0 Å². The Morgan fingerprint density at radius 3 is 2.68 bits per heavy atom. The molecule has 0 unspecified atom stereocenters.